The van der Waals surface area contributed by atoms with Crippen LogP contribution >= 0.6 is 11.6 Å². The van der Waals surface area contributed by atoms with Crippen molar-refractivity contribution in [2.45, 2.75) is 12.0 Å². The van der Waals surface area contributed by atoms with Gasteiger partial charge in [-0.3, -0.25) is 0 Å². The van der Waals surface area contributed by atoms with Crippen LogP contribution in [0.25, 0.3) is 22.4 Å². The van der Waals surface area contributed by atoms with Crippen LogP contribution in [0.2, 0.25) is 5.02 Å². The molecule has 0 atom stereocenters. The van der Waals surface area contributed by atoms with Crippen LogP contribution in [0.4, 0.5) is 32.4 Å². The van der Waals surface area contributed by atoms with Gasteiger partial charge < -0.3 is 10.1 Å². The number of benzene rings is 3. The Morgan fingerprint density at radius 3 is 2.29 bits per heavy atom. The van der Waals surface area contributed by atoms with Crippen molar-refractivity contribution in [1.82, 2.24) is 9.78 Å². The van der Waals surface area contributed by atoms with Crippen LogP contribution in [0.15, 0.2) is 72.9 Å². The zero-order valence-corrected chi connectivity index (χ0v) is 18.2. The first kappa shape index (κ1) is 22.9. The molecule has 4 aromatic rings. The van der Waals surface area contributed by atoms with Crippen LogP contribution in [0.5, 0.6) is 5.75 Å². The molecule has 1 aromatic heterocycles. The number of amides is 1. The van der Waals surface area contributed by atoms with E-state index in [2.05, 4.69) is 15.2 Å². The van der Waals surface area contributed by atoms with E-state index in [4.69, 9.17) is 11.6 Å². The summed E-state index contributed by atoms with van der Waals surface area (Å²) in [6.45, 7) is 0. The number of aromatic nitrogens is 2. The lowest BCUT2D eigenvalue weighted by Gasteiger charge is -2.16. The molecule has 1 aliphatic heterocycles. The molecule has 0 spiro atoms. The fraction of sp³-hybridized carbons (Fsp3) is 0.0833. The number of rotatable bonds is 3. The van der Waals surface area contributed by atoms with Crippen molar-refractivity contribution in [3.05, 3.63) is 89.3 Å². The lowest BCUT2D eigenvalue weighted by Crippen LogP contribution is -2.37. The average Bonchev–Trinajstić information content (AvgIpc) is 3.33. The van der Waals surface area contributed by atoms with Crippen molar-refractivity contribution < 1.29 is 31.5 Å². The van der Waals surface area contributed by atoms with Crippen molar-refractivity contribution in [3.63, 3.8) is 0 Å². The molecule has 178 valence electrons. The number of hydrogen-bond donors (Lipinski definition) is 1. The molecule has 2 heterocycles. The fourth-order valence-corrected chi connectivity index (χ4v) is 3.75. The Labute approximate surface area is 199 Å². The Bertz CT molecular complexity index is 1370. The standard InChI is InChI=1S/C24H13ClF5N3O2/c25-15-5-1-13(2-6-15)18-12-33(32-21(18)14-3-7-16(26)8-4-14)22(34)31-17-9-10-20-19(11-17)23(27,28)24(29,30)35-20/h1-12H,(H,31,34). The summed E-state index contributed by atoms with van der Waals surface area (Å²) in [5, 5.41) is 7.14. The molecule has 5 nitrogen and oxygen atoms in total. The zero-order chi connectivity index (χ0) is 25.0. The molecule has 35 heavy (non-hydrogen) atoms. The maximum absolute atomic E-state index is 14.0. The van der Waals surface area contributed by atoms with Gasteiger partial charge in [-0.25, -0.2) is 9.18 Å². The molecule has 0 saturated carbocycles. The molecule has 5 rings (SSSR count). The van der Waals surface area contributed by atoms with E-state index < -0.39 is 35.2 Å². The van der Waals surface area contributed by atoms with Gasteiger partial charge in [-0.15, -0.1) is 0 Å². The van der Waals surface area contributed by atoms with Crippen molar-refractivity contribution in [1.29, 1.82) is 0 Å². The van der Waals surface area contributed by atoms with Crippen LogP contribution < -0.4 is 10.1 Å². The number of hydrogen-bond acceptors (Lipinski definition) is 3. The number of fused-ring (bicyclic) bond motifs is 1. The van der Waals surface area contributed by atoms with E-state index in [-0.39, 0.29) is 5.69 Å². The quantitative estimate of drug-likeness (QED) is 0.300. The van der Waals surface area contributed by atoms with Crippen LogP contribution in [0.3, 0.4) is 0 Å². The lowest BCUT2D eigenvalue weighted by molar-refractivity contribution is -0.296. The molecule has 1 amide bonds. The van der Waals surface area contributed by atoms with E-state index in [1.165, 1.54) is 30.5 Å². The third kappa shape index (κ3) is 3.99. The third-order valence-electron chi connectivity index (χ3n) is 5.37. The van der Waals surface area contributed by atoms with E-state index in [0.29, 0.717) is 27.4 Å². The topological polar surface area (TPSA) is 56.1 Å². The normalized spacial score (nSPS) is 15.4. The van der Waals surface area contributed by atoms with Gasteiger partial charge in [0.25, 0.3) is 0 Å². The number of nitrogens with one attached hydrogen (secondary N) is 1. The molecule has 1 N–H and O–H groups in total. The second-order valence-corrected chi connectivity index (χ2v) is 8.12. The number of nitrogens with zero attached hydrogens (tertiary/aromatic N) is 2. The second-order valence-electron chi connectivity index (χ2n) is 7.68. The van der Waals surface area contributed by atoms with E-state index in [0.717, 1.165) is 22.9 Å². The summed E-state index contributed by atoms with van der Waals surface area (Å²) in [7, 11) is 0. The Balaban J connectivity index is 1.50. The summed E-state index contributed by atoms with van der Waals surface area (Å²) in [5.41, 5.74) is 0.813. The Morgan fingerprint density at radius 2 is 1.60 bits per heavy atom. The molecule has 11 heteroatoms. The molecule has 0 saturated heterocycles. The highest BCUT2D eigenvalue weighted by Crippen LogP contribution is 2.53. The highest BCUT2D eigenvalue weighted by molar-refractivity contribution is 6.30. The Morgan fingerprint density at radius 1 is 0.943 bits per heavy atom. The van der Waals surface area contributed by atoms with Crippen molar-refractivity contribution >= 4 is 23.3 Å². The van der Waals surface area contributed by atoms with Gasteiger partial charge in [-0.2, -0.15) is 27.3 Å². The largest absolute Gasteiger partial charge is 0.469 e. The van der Waals surface area contributed by atoms with Crippen molar-refractivity contribution in [2.24, 2.45) is 0 Å². The Kier molecular flexibility index (Phi) is 5.28. The first-order chi connectivity index (χ1) is 16.5. The lowest BCUT2D eigenvalue weighted by atomic mass is 10.0. The SMILES string of the molecule is O=C(Nc1ccc2c(c1)C(F)(F)C(F)(F)O2)n1cc(-c2ccc(Cl)cc2)c(-c2ccc(F)cc2)n1. The minimum absolute atomic E-state index is 0.165. The van der Waals surface area contributed by atoms with Gasteiger partial charge in [-0.05, 0) is 60.2 Å². The van der Waals surface area contributed by atoms with Crippen LogP contribution in [-0.4, -0.2) is 21.9 Å². The van der Waals surface area contributed by atoms with E-state index in [1.54, 1.807) is 24.3 Å². The summed E-state index contributed by atoms with van der Waals surface area (Å²) >= 11 is 5.96. The first-order valence-corrected chi connectivity index (χ1v) is 10.4. The second kappa shape index (κ2) is 8.09. The van der Waals surface area contributed by atoms with Gasteiger partial charge in [0.2, 0.25) is 0 Å². The number of carbonyl (C=O) groups is 1. The third-order valence-corrected chi connectivity index (χ3v) is 5.62. The number of carbonyl (C=O) groups excluding carboxylic acids is 1. The molecule has 1 aliphatic rings. The van der Waals surface area contributed by atoms with Gasteiger partial charge in [0.15, 0.2) is 0 Å². The minimum atomic E-state index is -4.70. The molecule has 3 aromatic carbocycles. The maximum Gasteiger partial charge on any atom is 0.469 e. The first-order valence-electron chi connectivity index (χ1n) is 10.1. The molecule has 0 radical (unpaired) electrons. The van der Waals surface area contributed by atoms with Crippen LogP contribution in [0.1, 0.15) is 5.56 Å². The van der Waals surface area contributed by atoms with Crippen molar-refractivity contribution in [2.75, 3.05) is 5.32 Å². The van der Waals surface area contributed by atoms with Crippen molar-refractivity contribution in [3.8, 4) is 28.1 Å². The predicted octanol–water partition coefficient (Wildman–Crippen LogP) is 7.17. The molecular weight excluding hydrogens is 493 g/mol. The fourth-order valence-electron chi connectivity index (χ4n) is 3.62. The highest BCUT2D eigenvalue weighted by Gasteiger charge is 2.66. The number of ether oxygens (including phenoxy) is 1. The smallest absolute Gasteiger partial charge is 0.427 e. The zero-order valence-electron chi connectivity index (χ0n) is 17.4. The molecular formula is C24H13ClF5N3O2. The number of alkyl halides is 4. The average molecular weight is 506 g/mol. The monoisotopic (exact) mass is 505 g/mol. The van der Waals surface area contributed by atoms with Gasteiger partial charge >= 0.3 is 18.1 Å². The van der Waals surface area contributed by atoms with E-state index in [1.807, 2.05) is 0 Å². The van der Waals surface area contributed by atoms with E-state index >= 15 is 0 Å². The molecule has 0 bridgehead atoms. The Hall–Kier alpha value is -3.92. The number of halogens is 6. The number of anilines is 1. The summed E-state index contributed by atoms with van der Waals surface area (Å²) in [6.07, 6.45) is -3.30. The summed E-state index contributed by atoms with van der Waals surface area (Å²) in [5.74, 6) is -5.70. The molecule has 0 fully saturated rings. The van der Waals surface area contributed by atoms with Gasteiger partial charge in [0.05, 0.1) is 5.56 Å². The van der Waals surface area contributed by atoms with Crippen LogP contribution in [-0.2, 0) is 5.92 Å². The van der Waals surface area contributed by atoms with E-state index in [9.17, 15) is 26.7 Å². The summed E-state index contributed by atoms with van der Waals surface area (Å²) in [4.78, 5) is 12.9. The summed E-state index contributed by atoms with van der Waals surface area (Å²) in [6, 6.07) is 14.1. The van der Waals surface area contributed by atoms with Gasteiger partial charge in [0, 0.05) is 28.0 Å². The van der Waals surface area contributed by atoms with Gasteiger partial charge in [-0.1, -0.05) is 23.7 Å². The van der Waals surface area contributed by atoms with Crippen LogP contribution in [0, 0.1) is 5.82 Å². The summed E-state index contributed by atoms with van der Waals surface area (Å²) < 4.78 is 73.4. The molecule has 0 aliphatic carbocycles. The molecule has 0 unspecified atom stereocenters. The van der Waals surface area contributed by atoms with Gasteiger partial charge in [0.1, 0.15) is 17.3 Å². The minimum Gasteiger partial charge on any atom is -0.427 e. The highest BCUT2D eigenvalue weighted by atomic mass is 35.5. The maximum atomic E-state index is 14.0. The predicted molar refractivity (Wildman–Crippen MR) is 118 cm³/mol.